The molecule has 0 amide bonds. The molecular weight excluding hydrogens is 461 g/mol. The van der Waals surface area contributed by atoms with Gasteiger partial charge in [-0.05, 0) is 0 Å². The molecule has 0 saturated heterocycles. The van der Waals surface area contributed by atoms with Crippen molar-refractivity contribution in [3.05, 3.63) is 0 Å². The zero-order chi connectivity index (χ0) is 12.9. The van der Waals surface area contributed by atoms with Gasteiger partial charge in [-0.25, -0.2) is 9.59 Å². The van der Waals surface area contributed by atoms with E-state index in [1.54, 1.807) is 0 Å². The molecule has 0 fully saturated rings. The van der Waals surface area contributed by atoms with Gasteiger partial charge in [-0.1, -0.05) is 0 Å². The maximum absolute atomic E-state index is 11.0. The molecule has 0 aromatic carbocycles. The van der Waals surface area contributed by atoms with Crippen molar-refractivity contribution in [1.29, 1.82) is 0 Å². The quantitative estimate of drug-likeness (QED) is 0.341. The molecule has 0 unspecified atom stereocenters. The summed E-state index contributed by atoms with van der Waals surface area (Å²) >= 11 is 0.869. The van der Waals surface area contributed by atoms with Gasteiger partial charge in [0.2, 0.25) is 0 Å². The fourth-order valence-corrected chi connectivity index (χ4v) is 0.293. The summed E-state index contributed by atoms with van der Waals surface area (Å²) in [6.07, 6.45) is -9.94. The summed E-state index contributed by atoms with van der Waals surface area (Å²) in [6.45, 7) is 0. The van der Waals surface area contributed by atoms with Gasteiger partial charge in [-0.3, -0.25) is 0 Å². The molecule has 0 aliphatic carbocycles. The minimum absolute atomic E-state index is 0. The number of carbonyl (C=O) groups is 2. The van der Waals surface area contributed by atoms with Gasteiger partial charge < -0.3 is 8.17 Å². The third-order valence-electron chi connectivity index (χ3n) is 0.544. The number of alkyl halides is 6. The van der Waals surface area contributed by atoms with E-state index < -0.39 is 24.3 Å². The topological polar surface area (TPSA) is 63.6 Å². The number of halogens is 7. The molecule has 0 aliphatic heterocycles. The molecule has 12 heteroatoms. The fourth-order valence-electron chi connectivity index (χ4n) is 0.0437. The van der Waals surface area contributed by atoms with E-state index in [9.17, 15) is 31.1 Å². The average molecular weight is 462 g/mol. The van der Waals surface area contributed by atoms with Crippen molar-refractivity contribution in [1.82, 2.24) is 0 Å². The third-order valence-corrected chi connectivity index (χ3v) is 0.944. The molecule has 0 rings (SSSR count). The van der Waals surface area contributed by atoms with Gasteiger partial charge in [-0.15, -0.1) is 0 Å². The van der Waals surface area contributed by atoms with Gasteiger partial charge in [0.05, 0.1) is 0 Å². The number of hydrogen-bond acceptors (Lipinski definition) is 3. The molecule has 0 aliphatic rings. The van der Waals surface area contributed by atoms with E-state index in [0.29, 0.717) is 0 Å². The summed E-state index contributed by atoms with van der Waals surface area (Å²) < 4.78 is 68.0. The van der Waals surface area contributed by atoms with Crippen LogP contribution in [0.25, 0.3) is 0 Å². The van der Waals surface area contributed by atoms with Crippen LogP contribution in [-0.4, -0.2) is 29.4 Å². The number of carboxylic acids is 1. The zero-order valence-corrected chi connectivity index (χ0v) is 10.3. The Hall–Kier alpha value is -0.00974. The Labute approximate surface area is 114 Å². The molecule has 0 aromatic heterocycles. The van der Waals surface area contributed by atoms with Crippen LogP contribution in [0.4, 0.5) is 26.3 Å². The van der Waals surface area contributed by atoms with Crippen LogP contribution in [0.3, 0.4) is 0 Å². The first-order chi connectivity index (χ1) is 6.42. The third kappa shape index (κ3) is 12.1. The van der Waals surface area contributed by atoms with Crippen LogP contribution in [0.15, 0.2) is 0 Å². The molecule has 0 bridgehead atoms. The Morgan fingerprint density at radius 3 is 1.25 bits per heavy atom. The normalized spacial score (nSPS) is 10.4. The number of carboxylic acid groups (broad SMARTS) is 1. The van der Waals surface area contributed by atoms with Gasteiger partial charge in [0.15, 0.2) is 23.0 Å². The Bertz CT molecular complexity index is 238. The van der Waals surface area contributed by atoms with Crippen molar-refractivity contribution >= 4 is 34.9 Å². The molecule has 4 nitrogen and oxygen atoms in total. The number of aliphatic carboxylic acids is 1. The monoisotopic (exact) mass is 461 g/mol. The van der Waals surface area contributed by atoms with Crippen molar-refractivity contribution in [3.63, 3.8) is 0 Å². The second-order valence-electron chi connectivity index (χ2n) is 1.67. The fraction of sp³-hybridized carbons (Fsp3) is 0.500. The number of hydrogen-bond donors (Lipinski definition) is 1. The van der Waals surface area contributed by atoms with E-state index in [2.05, 4.69) is 3.07 Å². The summed E-state index contributed by atoms with van der Waals surface area (Å²) in [5, 5.41) is 7.12. The van der Waals surface area contributed by atoms with E-state index in [4.69, 9.17) is 9.90 Å². The molecule has 1 N–H and O–H groups in total. The molecule has 16 heavy (non-hydrogen) atoms. The predicted octanol–water partition coefficient (Wildman–Crippen LogP) is 2.07. The first kappa shape index (κ1) is 21.3. The summed E-state index contributed by atoms with van der Waals surface area (Å²) in [4.78, 5) is 18.4. The van der Waals surface area contributed by atoms with Crippen molar-refractivity contribution in [2.75, 3.05) is 0 Å². The SMILES string of the molecule is O=C(O)C(F)(F)F.O=C(OI)C(F)(F)F.[Ag]. The van der Waals surface area contributed by atoms with E-state index >= 15 is 0 Å². The van der Waals surface area contributed by atoms with Crippen LogP contribution in [0.5, 0.6) is 0 Å². The summed E-state index contributed by atoms with van der Waals surface area (Å²) in [7, 11) is 0. The van der Waals surface area contributed by atoms with E-state index in [1.807, 2.05) is 0 Å². The van der Waals surface area contributed by atoms with Crippen molar-refractivity contribution < 1.29 is 66.5 Å². The van der Waals surface area contributed by atoms with Gasteiger partial charge in [0.25, 0.3) is 0 Å². The van der Waals surface area contributed by atoms with Crippen LogP contribution >= 0.6 is 23.0 Å². The predicted molar refractivity (Wildman–Crippen MR) is 39.9 cm³/mol. The number of carbonyl (C=O) groups excluding carboxylic acids is 1. The van der Waals surface area contributed by atoms with Crippen molar-refractivity contribution in [2.24, 2.45) is 0 Å². The van der Waals surface area contributed by atoms with Gasteiger partial charge in [-0.2, -0.15) is 26.3 Å². The molecule has 0 saturated carbocycles. The first-order valence-electron chi connectivity index (χ1n) is 2.62. The van der Waals surface area contributed by atoms with Crippen molar-refractivity contribution in [2.45, 2.75) is 12.4 Å². The molecule has 0 aromatic rings. The largest absolute Gasteiger partial charge is 0.491 e. The Morgan fingerprint density at radius 1 is 1.00 bits per heavy atom. The summed E-state index contributed by atoms with van der Waals surface area (Å²) in [5.41, 5.74) is 0. The summed E-state index contributed by atoms with van der Waals surface area (Å²) in [5.74, 6) is -4.94. The maximum atomic E-state index is 11.0. The van der Waals surface area contributed by atoms with Gasteiger partial charge in [0, 0.05) is 22.4 Å². The molecule has 0 spiro atoms. The molecular formula is C4HAgF6IO4. The summed E-state index contributed by atoms with van der Waals surface area (Å²) in [6, 6.07) is 0. The number of rotatable bonds is 0. The standard InChI is InChI=1S/C2F3IO2.C2HF3O2.Ag/c3-2(4,5)1(7)8-6;3-2(4,5)1(6)7;/h;(H,6,7);. The zero-order valence-electron chi connectivity index (χ0n) is 6.62. The van der Waals surface area contributed by atoms with Gasteiger partial charge in [0.1, 0.15) is 0 Å². The molecule has 1 radical (unpaired) electrons. The maximum Gasteiger partial charge on any atom is 0.491 e. The van der Waals surface area contributed by atoms with E-state index in [1.165, 1.54) is 0 Å². The second kappa shape index (κ2) is 8.14. The Morgan fingerprint density at radius 2 is 1.25 bits per heavy atom. The Kier molecular flexibility index (Phi) is 10.8. The van der Waals surface area contributed by atoms with E-state index in [-0.39, 0.29) is 22.4 Å². The first-order valence-corrected chi connectivity index (χ1v) is 3.50. The smallest absolute Gasteiger partial charge is 0.475 e. The minimum Gasteiger partial charge on any atom is -0.475 e. The van der Waals surface area contributed by atoms with Crippen LogP contribution in [0.1, 0.15) is 0 Å². The minimum atomic E-state index is -5.08. The van der Waals surface area contributed by atoms with Crippen LogP contribution in [0, 0.1) is 0 Å². The Balaban J connectivity index is -0.000000200. The van der Waals surface area contributed by atoms with Crippen molar-refractivity contribution in [3.8, 4) is 0 Å². The van der Waals surface area contributed by atoms with Crippen LogP contribution in [0.2, 0.25) is 0 Å². The van der Waals surface area contributed by atoms with Gasteiger partial charge >= 0.3 is 24.3 Å². The molecule has 0 atom stereocenters. The molecule has 0 heterocycles. The second-order valence-corrected chi connectivity index (χ2v) is 2.11. The van der Waals surface area contributed by atoms with Crippen LogP contribution < -0.4 is 0 Å². The molecule has 101 valence electrons. The van der Waals surface area contributed by atoms with Crippen LogP contribution in [-0.2, 0) is 35.0 Å². The van der Waals surface area contributed by atoms with E-state index in [0.717, 1.165) is 23.0 Å². The average Bonchev–Trinajstić information content (AvgIpc) is 2.00.